The molecule has 5 nitrogen and oxygen atoms in total. The molecule has 1 aromatic heterocycles. The number of nitrogens with one attached hydrogen (secondary N) is 2. The Labute approximate surface area is 169 Å². The number of pyridine rings is 1. The van der Waals surface area contributed by atoms with Gasteiger partial charge in [-0.05, 0) is 85.7 Å². The van der Waals surface area contributed by atoms with Crippen LogP contribution in [0.15, 0.2) is 48.7 Å². The van der Waals surface area contributed by atoms with Gasteiger partial charge in [0.2, 0.25) is 0 Å². The van der Waals surface area contributed by atoms with Crippen molar-refractivity contribution in [2.75, 3.05) is 10.6 Å². The fraction of sp³-hybridized carbons (Fsp3) is 0.217. The first-order chi connectivity index (χ1) is 14.0. The number of amides is 1. The van der Waals surface area contributed by atoms with Gasteiger partial charge < -0.3 is 16.4 Å². The number of carbonyl (C=O) groups is 1. The van der Waals surface area contributed by atoms with E-state index in [1.54, 1.807) is 25.3 Å². The molecule has 6 heteroatoms. The molecule has 29 heavy (non-hydrogen) atoms. The van der Waals surface area contributed by atoms with E-state index in [9.17, 15) is 9.18 Å². The number of rotatable bonds is 5. The number of nitrogens with two attached hydrogens (primary N) is 1. The summed E-state index contributed by atoms with van der Waals surface area (Å²) in [4.78, 5) is 16.3. The largest absolute Gasteiger partial charge is 0.365 e. The highest BCUT2D eigenvalue weighted by Gasteiger charge is 2.14. The van der Waals surface area contributed by atoms with Crippen LogP contribution < -0.4 is 16.4 Å². The average Bonchev–Trinajstić information content (AvgIpc) is 2.68. The molecule has 0 fully saturated rings. The maximum absolute atomic E-state index is 13.7. The van der Waals surface area contributed by atoms with Crippen LogP contribution in [-0.2, 0) is 12.8 Å². The molecule has 1 aliphatic rings. The molecule has 0 saturated heterocycles. The summed E-state index contributed by atoms with van der Waals surface area (Å²) in [5.41, 5.74) is 11.4. The van der Waals surface area contributed by atoms with Crippen LogP contribution >= 0.6 is 0 Å². The molecule has 0 unspecified atom stereocenters. The average molecular weight is 390 g/mol. The van der Waals surface area contributed by atoms with E-state index in [1.807, 2.05) is 6.07 Å². The normalized spacial score (nSPS) is 12.9. The number of primary amides is 1. The molecule has 3 aromatic rings. The Hall–Kier alpha value is -3.41. The van der Waals surface area contributed by atoms with E-state index in [2.05, 4.69) is 27.8 Å². The maximum Gasteiger partial charge on any atom is 0.252 e. The fourth-order valence-corrected chi connectivity index (χ4v) is 3.74. The minimum atomic E-state index is -0.609. The third-order valence-electron chi connectivity index (χ3n) is 5.10. The highest BCUT2D eigenvalue weighted by molar-refractivity contribution is 5.99. The maximum atomic E-state index is 13.7. The van der Waals surface area contributed by atoms with E-state index in [-0.39, 0.29) is 11.4 Å². The van der Waals surface area contributed by atoms with Crippen molar-refractivity contribution in [1.82, 2.24) is 4.98 Å². The van der Waals surface area contributed by atoms with E-state index in [4.69, 9.17) is 5.73 Å². The molecule has 1 heterocycles. The molecule has 0 spiro atoms. The van der Waals surface area contributed by atoms with E-state index >= 15 is 0 Å². The first-order valence-corrected chi connectivity index (χ1v) is 9.71. The Balaban J connectivity index is 1.59. The lowest BCUT2D eigenvalue weighted by Gasteiger charge is -2.17. The Kier molecular flexibility index (Phi) is 5.16. The van der Waals surface area contributed by atoms with Crippen LogP contribution in [-0.4, -0.2) is 10.9 Å². The highest BCUT2D eigenvalue weighted by Crippen LogP contribution is 2.28. The van der Waals surface area contributed by atoms with Crippen LogP contribution in [0.25, 0.3) is 0 Å². The minimum absolute atomic E-state index is 0.231. The van der Waals surface area contributed by atoms with Crippen molar-refractivity contribution in [3.63, 3.8) is 0 Å². The number of aryl methyl sites for hydroxylation is 3. The zero-order chi connectivity index (χ0) is 20.4. The lowest BCUT2D eigenvalue weighted by molar-refractivity contribution is 0.100. The first kappa shape index (κ1) is 18.9. The van der Waals surface area contributed by atoms with E-state index in [1.165, 1.54) is 36.1 Å². The smallest absolute Gasteiger partial charge is 0.252 e. The SMILES string of the molecule is Cc1cc(F)cc(Nc2ncc(Nc3ccc4c(c3)CCCC4)cc2C(N)=O)c1. The van der Waals surface area contributed by atoms with Crippen LogP contribution in [0.5, 0.6) is 0 Å². The lowest BCUT2D eigenvalue weighted by Crippen LogP contribution is -2.15. The van der Waals surface area contributed by atoms with Crippen LogP contribution in [0.2, 0.25) is 0 Å². The highest BCUT2D eigenvalue weighted by atomic mass is 19.1. The third-order valence-corrected chi connectivity index (χ3v) is 5.10. The summed E-state index contributed by atoms with van der Waals surface area (Å²) in [5.74, 6) is -0.681. The van der Waals surface area contributed by atoms with Gasteiger partial charge in [-0.15, -0.1) is 0 Å². The van der Waals surface area contributed by atoms with Gasteiger partial charge in [-0.1, -0.05) is 6.07 Å². The Morgan fingerprint density at radius 3 is 2.52 bits per heavy atom. The number of carbonyl (C=O) groups excluding carboxylic acids is 1. The van der Waals surface area contributed by atoms with Gasteiger partial charge in [-0.3, -0.25) is 4.79 Å². The molecule has 0 aliphatic heterocycles. The summed E-state index contributed by atoms with van der Waals surface area (Å²) in [5, 5.41) is 6.29. The van der Waals surface area contributed by atoms with E-state index in [0.29, 0.717) is 17.2 Å². The molecular weight excluding hydrogens is 367 g/mol. The van der Waals surface area contributed by atoms with Gasteiger partial charge in [0.25, 0.3) is 5.91 Å². The van der Waals surface area contributed by atoms with Gasteiger partial charge >= 0.3 is 0 Å². The summed E-state index contributed by atoms with van der Waals surface area (Å²) in [6.07, 6.45) is 6.30. The van der Waals surface area contributed by atoms with E-state index in [0.717, 1.165) is 24.1 Å². The van der Waals surface area contributed by atoms with Crippen molar-refractivity contribution in [1.29, 1.82) is 0 Å². The van der Waals surface area contributed by atoms with Gasteiger partial charge in [0.1, 0.15) is 11.6 Å². The summed E-state index contributed by atoms with van der Waals surface area (Å²) in [6.45, 7) is 1.79. The predicted octanol–water partition coefficient (Wildman–Crippen LogP) is 4.99. The number of aromatic nitrogens is 1. The number of halogens is 1. The summed E-state index contributed by atoms with van der Waals surface area (Å²) < 4.78 is 13.7. The van der Waals surface area contributed by atoms with Gasteiger partial charge in [0.15, 0.2) is 0 Å². The van der Waals surface area contributed by atoms with Crippen molar-refractivity contribution >= 4 is 28.8 Å². The quantitative estimate of drug-likeness (QED) is 0.573. The second-order valence-electron chi connectivity index (χ2n) is 7.44. The summed E-state index contributed by atoms with van der Waals surface area (Å²) >= 11 is 0. The minimum Gasteiger partial charge on any atom is -0.365 e. The van der Waals surface area contributed by atoms with Crippen LogP contribution in [0, 0.1) is 12.7 Å². The predicted molar refractivity (Wildman–Crippen MR) is 114 cm³/mol. The Morgan fingerprint density at radius 1 is 0.966 bits per heavy atom. The van der Waals surface area contributed by atoms with Crippen molar-refractivity contribution < 1.29 is 9.18 Å². The molecular formula is C23H23FN4O. The molecule has 0 bridgehead atoms. The van der Waals surface area contributed by atoms with Gasteiger partial charge in [0.05, 0.1) is 17.4 Å². The number of hydrogen-bond donors (Lipinski definition) is 3. The molecule has 0 radical (unpaired) electrons. The van der Waals surface area contributed by atoms with Crippen molar-refractivity contribution in [3.05, 3.63) is 76.7 Å². The molecule has 2 aromatic carbocycles. The number of nitrogens with zero attached hydrogens (tertiary/aromatic N) is 1. The Morgan fingerprint density at radius 2 is 1.76 bits per heavy atom. The fourth-order valence-electron chi connectivity index (χ4n) is 3.74. The zero-order valence-corrected chi connectivity index (χ0v) is 16.3. The number of benzene rings is 2. The lowest BCUT2D eigenvalue weighted by atomic mass is 9.91. The van der Waals surface area contributed by atoms with Gasteiger partial charge in [-0.25, -0.2) is 9.37 Å². The molecule has 148 valence electrons. The van der Waals surface area contributed by atoms with Gasteiger partial charge in [-0.2, -0.15) is 0 Å². The molecule has 0 atom stereocenters. The second-order valence-corrected chi connectivity index (χ2v) is 7.44. The van der Waals surface area contributed by atoms with Gasteiger partial charge in [0, 0.05) is 11.4 Å². The topological polar surface area (TPSA) is 80.0 Å². The first-order valence-electron chi connectivity index (χ1n) is 9.71. The van der Waals surface area contributed by atoms with Crippen LogP contribution in [0.4, 0.5) is 27.3 Å². The second kappa shape index (κ2) is 7.91. The molecule has 0 saturated carbocycles. The molecule has 1 amide bonds. The number of anilines is 4. The molecule has 4 N–H and O–H groups in total. The van der Waals surface area contributed by atoms with Crippen LogP contribution in [0.3, 0.4) is 0 Å². The molecule has 1 aliphatic carbocycles. The Bertz CT molecular complexity index is 1060. The zero-order valence-electron chi connectivity index (χ0n) is 16.3. The summed E-state index contributed by atoms with van der Waals surface area (Å²) in [7, 11) is 0. The van der Waals surface area contributed by atoms with Crippen LogP contribution in [0.1, 0.15) is 39.9 Å². The van der Waals surface area contributed by atoms with Crippen molar-refractivity contribution in [2.24, 2.45) is 5.73 Å². The standard InChI is InChI=1S/C23H23FN4O/c1-14-8-17(24)11-19(9-14)28-23-21(22(25)29)12-20(13-26-23)27-18-7-6-15-4-2-3-5-16(15)10-18/h6-13,27H,2-5H2,1H3,(H2,25,29)(H,26,28). The third kappa shape index (κ3) is 4.37. The monoisotopic (exact) mass is 390 g/mol. The number of fused-ring (bicyclic) bond motifs is 1. The summed E-state index contributed by atoms with van der Waals surface area (Å²) in [6, 6.07) is 12.5. The van der Waals surface area contributed by atoms with E-state index < -0.39 is 5.91 Å². The van der Waals surface area contributed by atoms with Crippen molar-refractivity contribution in [3.8, 4) is 0 Å². The van der Waals surface area contributed by atoms with Crippen molar-refractivity contribution in [2.45, 2.75) is 32.6 Å². The molecule has 4 rings (SSSR count). The number of hydrogen-bond acceptors (Lipinski definition) is 4.